The van der Waals surface area contributed by atoms with Crippen molar-refractivity contribution in [3.05, 3.63) is 0 Å². The van der Waals surface area contributed by atoms with E-state index in [0.717, 1.165) is 18.9 Å². The summed E-state index contributed by atoms with van der Waals surface area (Å²) in [6, 6.07) is 0. The number of hydrogen-bond donors (Lipinski definition) is 2. The highest BCUT2D eigenvalue weighted by Gasteiger charge is 2.12. The van der Waals surface area contributed by atoms with Gasteiger partial charge in [-0.3, -0.25) is 0 Å². The van der Waals surface area contributed by atoms with Crippen molar-refractivity contribution in [2.24, 2.45) is 5.92 Å². The molecule has 0 saturated carbocycles. The number of methoxy groups -OCH3 is 1. The van der Waals surface area contributed by atoms with Crippen molar-refractivity contribution in [3.8, 4) is 0 Å². The molecular weight excluding hydrogens is 380 g/mol. The molecule has 0 bridgehead atoms. The van der Waals surface area contributed by atoms with Gasteiger partial charge in [0.05, 0.1) is 26.4 Å². The lowest BCUT2D eigenvalue weighted by atomic mass is 10.0. The van der Waals surface area contributed by atoms with Crippen molar-refractivity contribution < 1.29 is 24.4 Å². The molecule has 5 heteroatoms. The molecule has 30 heavy (non-hydrogen) atoms. The molecule has 0 heterocycles. The molecule has 2 N–H and O–H groups in total. The van der Waals surface area contributed by atoms with Crippen molar-refractivity contribution in [2.45, 2.75) is 116 Å². The molecule has 0 spiro atoms. The van der Waals surface area contributed by atoms with Crippen LogP contribution in [0.1, 0.15) is 104 Å². The van der Waals surface area contributed by atoms with Crippen LogP contribution in [0, 0.1) is 5.92 Å². The number of hydrogen-bond acceptors (Lipinski definition) is 5. The highest BCUT2D eigenvalue weighted by molar-refractivity contribution is 4.58. The summed E-state index contributed by atoms with van der Waals surface area (Å²) >= 11 is 0. The van der Waals surface area contributed by atoms with Crippen LogP contribution in [0.4, 0.5) is 0 Å². The fourth-order valence-electron chi connectivity index (χ4n) is 3.55. The Bertz CT molecular complexity index is 325. The molecule has 5 nitrogen and oxygen atoms in total. The summed E-state index contributed by atoms with van der Waals surface area (Å²) in [5.41, 5.74) is 0. The maximum absolute atomic E-state index is 9.35. The molecule has 182 valence electrons. The first-order valence-electron chi connectivity index (χ1n) is 12.6. The fraction of sp³-hybridized carbons (Fsp3) is 1.00. The highest BCUT2D eigenvalue weighted by atomic mass is 16.6. The van der Waals surface area contributed by atoms with Gasteiger partial charge >= 0.3 is 0 Å². The van der Waals surface area contributed by atoms with E-state index in [1.165, 1.54) is 83.5 Å². The monoisotopic (exact) mass is 432 g/mol. The van der Waals surface area contributed by atoms with E-state index in [2.05, 4.69) is 13.8 Å². The van der Waals surface area contributed by atoms with Gasteiger partial charge in [0.15, 0.2) is 0 Å². The number of ether oxygens (including phenoxy) is 3. The quantitative estimate of drug-likeness (QED) is 0.197. The minimum Gasteiger partial charge on any atom is -0.394 e. The standard InChI is InChI=1S/C25H52O5/c1-23(2)17-15-13-11-9-7-5-4-6-8-10-12-14-16-18-29-22-25(21-28-3)30-20-24(27)19-26/h23-27H,4-22H2,1-3H3. The van der Waals surface area contributed by atoms with E-state index < -0.39 is 6.10 Å². The zero-order valence-corrected chi connectivity index (χ0v) is 20.3. The van der Waals surface area contributed by atoms with Gasteiger partial charge in [-0.1, -0.05) is 97.3 Å². The number of rotatable bonds is 24. The summed E-state index contributed by atoms with van der Waals surface area (Å²) in [7, 11) is 1.62. The molecule has 0 saturated heterocycles. The molecule has 0 rings (SSSR count). The molecule has 0 aliphatic carbocycles. The van der Waals surface area contributed by atoms with Crippen LogP contribution in [-0.4, -0.2) is 62.6 Å². The maximum atomic E-state index is 9.35. The normalized spacial score (nSPS) is 13.8. The molecule has 0 aromatic rings. The van der Waals surface area contributed by atoms with Crippen molar-refractivity contribution in [1.82, 2.24) is 0 Å². The second-order valence-corrected chi connectivity index (χ2v) is 9.10. The summed E-state index contributed by atoms with van der Waals surface area (Å²) in [5, 5.41) is 18.2. The van der Waals surface area contributed by atoms with Crippen LogP contribution in [0.2, 0.25) is 0 Å². The van der Waals surface area contributed by atoms with E-state index in [1.807, 2.05) is 0 Å². The van der Waals surface area contributed by atoms with Gasteiger partial charge in [0.1, 0.15) is 12.2 Å². The summed E-state index contributed by atoms with van der Waals surface area (Å²) in [6.07, 6.45) is 18.0. The highest BCUT2D eigenvalue weighted by Crippen LogP contribution is 2.14. The SMILES string of the molecule is COCC(COCCCCCCCCCCCCCCCC(C)C)OCC(O)CO. The predicted molar refractivity (Wildman–Crippen MR) is 125 cm³/mol. The van der Waals surface area contributed by atoms with E-state index in [-0.39, 0.29) is 19.3 Å². The van der Waals surface area contributed by atoms with Crippen LogP contribution in [0.3, 0.4) is 0 Å². The third-order valence-corrected chi connectivity index (χ3v) is 5.46. The minimum absolute atomic E-state index is 0.103. The van der Waals surface area contributed by atoms with Crippen LogP contribution in [0.15, 0.2) is 0 Å². The predicted octanol–water partition coefficient (Wildman–Crippen LogP) is 5.51. The first-order chi connectivity index (χ1) is 14.6. The molecule has 0 aromatic carbocycles. The number of unbranched alkanes of at least 4 members (excludes halogenated alkanes) is 12. The lowest BCUT2D eigenvalue weighted by molar-refractivity contribution is -0.0822. The smallest absolute Gasteiger partial charge is 0.104 e. The lowest BCUT2D eigenvalue weighted by Crippen LogP contribution is -2.30. The Balaban J connectivity index is 3.29. The van der Waals surface area contributed by atoms with Crippen LogP contribution in [-0.2, 0) is 14.2 Å². The van der Waals surface area contributed by atoms with Gasteiger partial charge in [-0.2, -0.15) is 0 Å². The molecule has 0 radical (unpaired) electrons. The average molecular weight is 433 g/mol. The molecule has 0 aromatic heterocycles. The first kappa shape index (κ1) is 29.8. The van der Waals surface area contributed by atoms with Crippen LogP contribution < -0.4 is 0 Å². The van der Waals surface area contributed by atoms with Gasteiger partial charge in [-0.25, -0.2) is 0 Å². The van der Waals surface area contributed by atoms with Gasteiger partial charge in [0.2, 0.25) is 0 Å². The molecule has 2 unspecified atom stereocenters. The van der Waals surface area contributed by atoms with Gasteiger partial charge < -0.3 is 24.4 Å². The van der Waals surface area contributed by atoms with Crippen LogP contribution in [0.5, 0.6) is 0 Å². The topological polar surface area (TPSA) is 68.2 Å². The Labute approximate surface area is 186 Å². The van der Waals surface area contributed by atoms with Gasteiger partial charge in [-0.05, 0) is 12.3 Å². The van der Waals surface area contributed by atoms with E-state index in [1.54, 1.807) is 7.11 Å². The van der Waals surface area contributed by atoms with Crippen molar-refractivity contribution >= 4 is 0 Å². The first-order valence-corrected chi connectivity index (χ1v) is 12.6. The second kappa shape index (κ2) is 23.5. The number of aliphatic hydroxyl groups excluding tert-OH is 2. The van der Waals surface area contributed by atoms with Crippen LogP contribution in [0.25, 0.3) is 0 Å². The Morgan fingerprint density at radius 2 is 1.17 bits per heavy atom. The van der Waals surface area contributed by atoms with E-state index >= 15 is 0 Å². The van der Waals surface area contributed by atoms with E-state index in [4.69, 9.17) is 19.3 Å². The summed E-state index contributed by atoms with van der Waals surface area (Å²) in [4.78, 5) is 0. The number of aliphatic hydroxyl groups is 2. The molecule has 2 atom stereocenters. The van der Waals surface area contributed by atoms with Crippen LogP contribution >= 0.6 is 0 Å². The van der Waals surface area contributed by atoms with Crippen molar-refractivity contribution in [2.75, 3.05) is 40.1 Å². The van der Waals surface area contributed by atoms with Gasteiger partial charge in [-0.15, -0.1) is 0 Å². The Morgan fingerprint density at radius 3 is 1.63 bits per heavy atom. The summed E-state index contributed by atoms with van der Waals surface area (Å²) in [6.45, 7) is 6.08. The Kier molecular flexibility index (Phi) is 23.3. The summed E-state index contributed by atoms with van der Waals surface area (Å²) in [5.74, 6) is 0.865. The Hall–Kier alpha value is -0.200. The zero-order chi connectivity index (χ0) is 22.3. The molecule has 0 amide bonds. The Morgan fingerprint density at radius 1 is 0.667 bits per heavy atom. The van der Waals surface area contributed by atoms with E-state index in [0.29, 0.717) is 13.2 Å². The van der Waals surface area contributed by atoms with Gasteiger partial charge in [0, 0.05) is 13.7 Å². The van der Waals surface area contributed by atoms with Gasteiger partial charge in [0.25, 0.3) is 0 Å². The molecular formula is C25H52O5. The minimum atomic E-state index is -0.844. The zero-order valence-electron chi connectivity index (χ0n) is 20.3. The fourth-order valence-corrected chi connectivity index (χ4v) is 3.55. The molecule has 0 aliphatic heterocycles. The molecule has 0 fully saturated rings. The third-order valence-electron chi connectivity index (χ3n) is 5.46. The lowest BCUT2D eigenvalue weighted by Gasteiger charge is -2.18. The summed E-state index contributed by atoms with van der Waals surface area (Å²) < 4.78 is 16.3. The van der Waals surface area contributed by atoms with Crippen molar-refractivity contribution in [1.29, 1.82) is 0 Å². The second-order valence-electron chi connectivity index (χ2n) is 9.10. The largest absolute Gasteiger partial charge is 0.394 e. The maximum Gasteiger partial charge on any atom is 0.104 e. The van der Waals surface area contributed by atoms with E-state index in [9.17, 15) is 5.11 Å². The average Bonchev–Trinajstić information content (AvgIpc) is 2.73. The third kappa shape index (κ3) is 22.5. The molecule has 0 aliphatic rings. The van der Waals surface area contributed by atoms with Crippen molar-refractivity contribution in [3.63, 3.8) is 0 Å².